The van der Waals surface area contributed by atoms with E-state index in [4.69, 9.17) is 9.84 Å². The second-order valence-electron chi connectivity index (χ2n) is 6.50. The minimum absolute atomic E-state index is 0.234. The number of hydrogen-bond donors (Lipinski definition) is 1. The first kappa shape index (κ1) is 18.6. The maximum Gasteiger partial charge on any atom is 0.372 e. The monoisotopic (exact) mass is 368 g/mol. The Morgan fingerprint density at radius 3 is 2.44 bits per heavy atom. The normalized spacial score (nSPS) is 12.6. The summed E-state index contributed by atoms with van der Waals surface area (Å²) >= 11 is 0. The molecule has 1 heterocycles. The van der Waals surface area contributed by atoms with E-state index >= 15 is 0 Å². The standard InChI is InChI=1S/C20H20N2O5/c1-21(2)22-12-27-19-15(17(23)11-18(24)20(25)26)9-14(10-16(19)22)8-13-6-4-3-5-7-13/h3-7,9-10H,8,11-12H2,1-2H3,(H,25,26). The van der Waals surface area contributed by atoms with Crippen LogP contribution in [0.2, 0.25) is 0 Å². The fourth-order valence-electron chi connectivity index (χ4n) is 3.00. The van der Waals surface area contributed by atoms with Crippen LogP contribution < -0.4 is 9.75 Å². The summed E-state index contributed by atoms with van der Waals surface area (Å²) < 4.78 is 5.68. The van der Waals surface area contributed by atoms with E-state index in [2.05, 4.69) is 0 Å². The summed E-state index contributed by atoms with van der Waals surface area (Å²) in [5.74, 6) is -2.93. The Balaban J connectivity index is 2.01. The minimum Gasteiger partial charge on any atom is -0.475 e. The van der Waals surface area contributed by atoms with Gasteiger partial charge in [0.2, 0.25) is 5.78 Å². The average Bonchev–Trinajstić information content (AvgIpc) is 3.05. The zero-order valence-corrected chi connectivity index (χ0v) is 15.1. The number of carboxylic acid groups (broad SMARTS) is 1. The molecule has 27 heavy (non-hydrogen) atoms. The minimum atomic E-state index is -1.61. The number of nitrogens with zero attached hydrogens (tertiary/aromatic N) is 2. The molecular formula is C20H20N2O5. The second-order valence-corrected chi connectivity index (χ2v) is 6.50. The summed E-state index contributed by atoms with van der Waals surface area (Å²) in [5.41, 5.74) is 2.91. The van der Waals surface area contributed by atoms with Gasteiger partial charge in [-0.2, -0.15) is 0 Å². The number of carbonyl (C=O) groups is 3. The van der Waals surface area contributed by atoms with Crippen LogP contribution in [0.4, 0.5) is 5.69 Å². The molecule has 0 saturated carbocycles. The Morgan fingerprint density at radius 1 is 1.11 bits per heavy atom. The SMILES string of the molecule is CN(C)N1COc2c(C(=O)CC(=O)C(=O)O)cc(Cc3ccccc3)cc21. The van der Waals surface area contributed by atoms with Crippen LogP contribution in [0.3, 0.4) is 0 Å². The van der Waals surface area contributed by atoms with Crippen molar-refractivity contribution in [2.75, 3.05) is 25.8 Å². The molecule has 3 rings (SSSR count). The van der Waals surface area contributed by atoms with Gasteiger partial charge in [-0.3, -0.25) is 14.6 Å². The highest BCUT2D eigenvalue weighted by molar-refractivity contribution is 6.37. The molecule has 7 heteroatoms. The molecule has 140 valence electrons. The molecule has 0 aromatic heterocycles. The molecule has 0 fully saturated rings. The number of anilines is 1. The molecule has 2 aromatic carbocycles. The number of hydrogen-bond acceptors (Lipinski definition) is 6. The third-order valence-electron chi connectivity index (χ3n) is 4.33. The Morgan fingerprint density at radius 2 is 1.81 bits per heavy atom. The Bertz CT molecular complexity index is 893. The fraction of sp³-hybridized carbons (Fsp3) is 0.250. The Labute approximate surface area is 156 Å². The fourth-order valence-corrected chi connectivity index (χ4v) is 3.00. The third-order valence-corrected chi connectivity index (χ3v) is 4.33. The van der Waals surface area contributed by atoms with E-state index in [1.807, 2.05) is 60.5 Å². The Hall–Kier alpha value is -3.19. The summed E-state index contributed by atoms with van der Waals surface area (Å²) in [6.45, 7) is 0.240. The molecule has 0 amide bonds. The summed E-state index contributed by atoms with van der Waals surface area (Å²) in [4.78, 5) is 34.9. The van der Waals surface area contributed by atoms with E-state index < -0.39 is 24.0 Å². The molecular weight excluding hydrogens is 348 g/mol. The first-order chi connectivity index (χ1) is 12.9. The topological polar surface area (TPSA) is 87.2 Å². The van der Waals surface area contributed by atoms with Crippen LogP contribution in [0.1, 0.15) is 27.9 Å². The van der Waals surface area contributed by atoms with Crippen LogP contribution in [0.5, 0.6) is 5.75 Å². The predicted molar refractivity (Wildman–Crippen MR) is 98.9 cm³/mol. The molecule has 0 spiro atoms. The van der Waals surface area contributed by atoms with Crippen molar-refractivity contribution < 1.29 is 24.2 Å². The van der Waals surface area contributed by atoms with Gasteiger partial charge in [0.15, 0.2) is 18.3 Å². The van der Waals surface area contributed by atoms with Crippen LogP contribution >= 0.6 is 0 Å². The first-order valence-corrected chi connectivity index (χ1v) is 8.44. The number of aliphatic carboxylic acids is 1. The maximum atomic E-state index is 12.6. The summed E-state index contributed by atoms with van der Waals surface area (Å²) in [5, 5.41) is 12.5. The van der Waals surface area contributed by atoms with E-state index in [1.165, 1.54) is 0 Å². The predicted octanol–water partition coefficient (Wildman–Crippen LogP) is 2.14. The molecule has 0 saturated heterocycles. The molecule has 1 N–H and O–H groups in total. The van der Waals surface area contributed by atoms with Gasteiger partial charge >= 0.3 is 5.97 Å². The van der Waals surface area contributed by atoms with Crippen molar-refractivity contribution in [2.24, 2.45) is 0 Å². The van der Waals surface area contributed by atoms with Crippen molar-refractivity contribution in [3.63, 3.8) is 0 Å². The summed E-state index contributed by atoms with van der Waals surface area (Å²) in [6, 6.07) is 13.4. The van der Waals surface area contributed by atoms with Crippen LogP contribution in [0.25, 0.3) is 0 Å². The van der Waals surface area contributed by atoms with Gasteiger partial charge in [0.25, 0.3) is 0 Å². The molecule has 2 aromatic rings. The molecule has 1 aliphatic rings. The summed E-state index contributed by atoms with van der Waals surface area (Å²) in [6.07, 6.45) is -0.0928. The van der Waals surface area contributed by atoms with Gasteiger partial charge in [0, 0.05) is 14.1 Å². The van der Waals surface area contributed by atoms with Crippen LogP contribution in [-0.4, -0.2) is 48.5 Å². The maximum absolute atomic E-state index is 12.6. The van der Waals surface area contributed by atoms with Gasteiger partial charge in [-0.15, -0.1) is 0 Å². The highest BCUT2D eigenvalue weighted by Crippen LogP contribution is 2.39. The van der Waals surface area contributed by atoms with E-state index in [9.17, 15) is 14.4 Å². The lowest BCUT2D eigenvalue weighted by molar-refractivity contribution is -0.148. The number of Topliss-reactive ketones (excluding diaryl/α,β-unsaturated/α-hetero) is 2. The van der Waals surface area contributed by atoms with Crippen molar-refractivity contribution in [2.45, 2.75) is 12.8 Å². The second kappa shape index (κ2) is 7.59. The number of rotatable bonds is 7. The van der Waals surface area contributed by atoms with Gasteiger partial charge in [0.05, 0.1) is 17.7 Å². The van der Waals surface area contributed by atoms with Crippen molar-refractivity contribution in [3.8, 4) is 5.75 Å². The quantitative estimate of drug-likeness (QED) is 0.455. The lowest BCUT2D eigenvalue weighted by Crippen LogP contribution is -2.36. The molecule has 1 aliphatic heterocycles. The number of benzene rings is 2. The number of ketones is 2. The van der Waals surface area contributed by atoms with Gasteiger partial charge in [0.1, 0.15) is 0 Å². The molecule has 7 nitrogen and oxygen atoms in total. The van der Waals surface area contributed by atoms with Crippen molar-refractivity contribution >= 4 is 23.2 Å². The van der Waals surface area contributed by atoms with E-state index in [-0.39, 0.29) is 12.3 Å². The van der Waals surface area contributed by atoms with Crippen LogP contribution in [0.15, 0.2) is 42.5 Å². The molecule has 0 atom stereocenters. The van der Waals surface area contributed by atoms with E-state index in [0.717, 1.165) is 16.8 Å². The molecule has 0 aliphatic carbocycles. The average molecular weight is 368 g/mol. The smallest absolute Gasteiger partial charge is 0.372 e. The van der Waals surface area contributed by atoms with Crippen molar-refractivity contribution in [1.29, 1.82) is 0 Å². The molecule has 0 unspecified atom stereocenters. The van der Waals surface area contributed by atoms with Gasteiger partial charge in [-0.05, 0) is 29.7 Å². The number of hydrazine groups is 1. The lowest BCUT2D eigenvalue weighted by atomic mass is 9.97. The Kier molecular flexibility index (Phi) is 5.23. The zero-order valence-electron chi connectivity index (χ0n) is 15.1. The third kappa shape index (κ3) is 3.98. The molecule has 0 radical (unpaired) electrons. The van der Waals surface area contributed by atoms with Gasteiger partial charge in [-0.25, -0.2) is 9.80 Å². The summed E-state index contributed by atoms with van der Waals surface area (Å²) in [7, 11) is 3.72. The number of fused-ring (bicyclic) bond motifs is 1. The van der Waals surface area contributed by atoms with Crippen LogP contribution in [0, 0.1) is 0 Å². The van der Waals surface area contributed by atoms with Gasteiger partial charge < -0.3 is 9.84 Å². The number of carboxylic acids is 1. The van der Waals surface area contributed by atoms with Crippen molar-refractivity contribution in [1.82, 2.24) is 5.01 Å². The highest BCUT2D eigenvalue weighted by Gasteiger charge is 2.30. The number of carbonyl (C=O) groups excluding carboxylic acids is 2. The van der Waals surface area contributed by atoms with Crippen LogP contribution in [-0.2, 0) is 16.0 Å². The number of ether oxygens (including phenoxy) is 1. The lowest BCUT2D eigenvalue weighted by Gasteiger charge is -2.24. The molecule has 0 bridgehead atoms. The van der Waals surface area contributed by atoms with Gasteiger partial charge in [-0.1, -0.05) is 30.3 Å². The highest BCUT2D eigenvalue weighted by atomic mass is 16.5. The zero-order chi connectivity index (χ0) is 19.6. The van der Waals surface area contributed by atoms with Crippen molar-refractivity contribution in [3.05, 3.63) is 59.2 Å². The first-order valence-electron chi connectivity index (χ1n) is 8.44. The van der Waals surface area contributed by atoms with E-state index in [0.29, 0.717) is 12.2 Å². The largest absolute Gasteiger partial charge is 0.475 e. The van der Waals surface area contributed by atoms with E-state index in [1.54, 1.807) is 6.07 Å².